The largest absolute Gasteiger partial charge is 0.462 e. The fraction of sp³-hybridized carbons (Fsp3) is 0.846. The van der Waals surface area contributed by atoms with Crippen LogP contribution in [0.4, 0.5) is 0 Å². The van der Waals surface area contributed by atoms with Gasteiger partial charge in [0, 0.05) is 0 Å². The Bertz CT molecular complexity index is 290. The molecule has 1 fully saturated rings. The molecule has 0 spiro atoms. The van der Waals surface area contributed by atoms with Gasteiger partial charge in [-0.3, -0.25) is 9.59 Å². The minimum Gasteiger partial charge on any atom is -0.462 e. The zero-order valence-corrected chi connectivity index (χ0v) is 11.5. The maximum Gasteiger partial charge on any atom is 0.311 e. The molecule has 0 aromatic heterocycles. The summed E-state index contributed by atoms with van der Waals surface area (Å²) in [4.78, 5) is 23.1. The highest BCUT2D eigenvalue weighted by Crippen LogP contribution is 2.15. The third-order valence-corrected chi connectivity index (χ3v) is 2.85. The van der Waals surface area contributed by atoms with Crippen molar-refractivity contribution in [3.8, 4) is 0 Å². The van der Waals surface area contributed by atoms with Crippen LogP contribution in [0.3, 0.4) is 0 Å². The molecule has 1 saturated heterocycles. The average Bonchev–Trinajstić information content (AvgIpc) is 2.34. The van der Waals surface area contributed by atoms with Crippen LogP contribution < -0.4 is 5.32 Å². The van der Waals surface area contributed by atoms with Crippen molar-refractivity contribution < 1.29 is 19.1 Å². The van der Waals surface area contributed by atoms with Crippen molar-refractivity contribution >= 4 is 11.9 Å². The average molecular weight is 257 g/mol. The summed E-state index contributed by atoms with van der Waals surface area (Å²) in [5.74, 6) is -0.465. The zero-order valence-electron chi connectivity index (χ0n) is 11.5. The van der Waals surface area contributed by atoms with Gasteiger partial charge >= 0.3 is 11.9 Å². The highest BCUT2D eigenvalue weighted by atomic mass is 16.6. The summed E-state index contributed by atoms with van der Waals surface area (Å²) >= 11 is 0. The molecule has 5 heteroatoms. The lowest BCUT2D eigenvalue weighted by molar-refractivity contribution is -0.160. The summed E-state index contributed by atoms with van der Waals surface area (Å²) in [6.45, 7) is 7.36. The van der Waals surface area contributed by atoms with Gasteiger partial charge in [0.15, 0.2) is 0 Å². The van der Waals surface area contributed by atoms with E-state index in [1.807, 2.05) is 0 Å². The molecule has 0 unspecified atom stereocenters. The van der Waals surface area contributed by atoms with Crippen molar-refractivity contribution in [2.75, 3.05) is 26.3 Å². The van der Waals surface area contributed by atoms with Crippen LogP contribution in [0.15, 0.2) is 0 Å². The van der Waals surface area contributed by atoms with Crippen LogP contribution in [0.2, 0.25) is 0 Å². The molecule has 1 N–H and O–H groups in total. The number of esters is 2. The van der Waals surface area contributed by atoms with Crippen LogP contribution >= 0.6 is 0 Å². The molecule has 0 aliphatic carbocycles. The van der Waals surface area contributed by atoms with Crippen LogP contribution in [0, 0.1) is 11.3 Å². The first-order chi connectivity index (χ1) is 8.41. The molecule has 18 heavy (non-hydrogen) atoms. The maximum absolute atomic E-state index is 11.6. The normalized spacial score (nSPS) is 17.3. The smallest absolute Gasteiger partial charge is 0.311 e. The van der Waals surface area contributed by atoms with E-state index in [-0.39, 0.29) is 31.1 Å². The molecule has 0 aromatic carbocycles. The molecule has 1 heterocycles. The SMILES string of the molecule is CC(C)(C)C(=O)OCCOC(=O)C1CCNCC1. The molecular weight excluding hydrogens is 234 g/mol. The number of piperidine rings is 1. The third kappa shape index (κ3) is 5.04. The molecule has 1 rings (SSSR count). The molecule has 1 aliphatic heterocycles. The third-order valence-electron chi connectivity index (χ3n) is 2.85. The van der Waals surface area contributed by atoms with Gasteiger partial charge in [-0.05, 0) is 46.7 Å². The van der Waals surface area contributed by atoms with Gasteiger partial charge in [-0.15, -0.1) is 0 Å². The number of nitrogens with one attached hydrogen (secondary N) is 1. The standard InChI is InChI=1S/C13H23NO4/c1-13(2,3)12(16)18-9-8-17-11(15)10-4-6-14-7-5-10/h10,14H,4-9H2,1-3H3. The highest BCUT2D eigenvalue weighted by molar-refractivity contribution is 5.75. The summed E-state index contributed by atoms with van der Waals surface area (Å²) in [6, 6.07) is 0. The van der Waals surface area contributed by atoms with E-state index in [4.69, 9.17) is 9.47 Å². The maximum atomic E-state index is 11.6. The van der Waals surface area contributed by atoms with E-state index in [0.29, 0.717) is 0 Å². The minimum absolute atomic E-state index is 0.00966. The molecule has 1 aliphatic rings. The second kappa shape index (κ2) is 6.73. The van der Waals surface area contributed by atoms with E-state index in [1.165, 1.54) is 0 Å². The molecule has 0 bridgehead atoms. The lowest BCUT2D eigenvalue weighted by Crippen LogP contribution is -2.33. The van der Waals surface area contributed by atoms with Gasteiger partial charge in [0.25, 0.3) is 0 Å². The van der Waals surface area contributed by atoms with Gasteiger partial charge in [-0.25, -0.2) is 0 Å². The quantitative estimate of drug-likeness (QED) is 0.604. The van der Waals surface area contributed by atoms with E-state index in [9.17, 15) is 9.59 Å². The lowest BCUT2D eigenvalue weighted by Gasteiger charge is -2.21. The topological polar surface area (TPSA) is 64.6 Å². The van der Waals surface area contributed by atoms with Crippen LogP contribution in [0.1, 0.15) is 33.6 Å². The van der Waals surface area contributed by atoms with E-state index in [2.05, 4.69) is 5.32 Å². The number of rotatable bonds is 4. The first kappa shape index (κ1) is 15.0. The Morgan fingerprint density at radius 3 is 2.22 bits per heavy atom. The number of carbonyl (C=O) groups is 2. The number of hydrogen-bond acceptors (Lipinski definition) is 5. The Morgan fingerprint density at radius 1 is 1.11 bits per heavy atom. The summed E-state index contributed by atoms with van der Waals surface area (Å²) in [7, 11) is 0. The van der Waals surface area contributed by atoms with Gasteiger partial charge in [-0.2, -0.15) is 0 Å². The van der Waals surface area contributed by atoms with E-state index >= 15 is 0 Å². The minimum atomic E-state index is -0.515. The van der Waals surface area contributed by atoms with Gasteiger partial charge in [0.1, 0.15) is 13.2 Å². The van der Waals surface area contributed by atoms with Crippen LogP contribution in [0.25, 0.3) is 0 Å². The Kier molecular flexibility index (Phi) is 5.59. The zero-order chi connectivity index (χ0) is 13.6. The Labute approximate surface area is 108 Å². The fourth-order valence-corrected chi connectivity index (χ4v) is 1.67. The second-order valence-corrected chi connectivity index (χ2v) is 5.58. The second-order valence-electron chi connectivity index (χ2n) is 5.58. The van der Waals surface area contributed by atoms with Crippen LogP contribution in [-0.2, 0) is 19.1 Å². The van der Waals surface area contributed by atoms with Crippen molar-refractivity contribution in [1.82, 2.24) is 5.32 Å². The van der Waals surface area contributed by atoms with Crippen molar-refractivity contribution in [3.63, 3.8) is 0 Å². The molecule has 0 atom stereocenters. The number of ether oxygens (including phenoxy) is 2. The van der Waals surface area contributed by atoms with Gasteiger partial charge < -0.3 is 14.8 Å². The summed E-state index contributed by atoms with van der Waals surface area (Å²) < 4.78 is 10.1. The molecule has 0 radical (unpaired) electrons. The molecule has 5 nitrogen and oxygen atoms in total. The summed E-state index contributed by atoms with van der Waals surface area (Å²) in [5, 5.41) is 3.19. The van der Waals surface area contributed by atoms with E-state index < -0.39 is 5.41 Å². The van der Waals surface area contributed by atoms with Gasteiger partial charge in [0.05, 0.1) is 11.3 Å². The molecule has 0 aromatic rings. The Balaban J connectivity index is 2.14. The molecule has 0 amide bonds. The number of carbonyl (C=O) groups excluding carboxylic acids is 2. The monoisotopic (exact) mass is 257 g/mol. The first-order valence-corrected chi connectivity index (χ1v) is 6.46. The van der Waals surface area contributed by atoms with Crippen LogP contribution in [0.5, 0.6) is 0 Å². The Hall–Kier alpha value is -1.10. The Morgan fingerprint density at radius 2 is 1.67 bits per heavy atom. The first-order valence-electron chi connectivity index (χ1n) is 6.46. The highest BCUT2D eigenvalue weighted by Gasteiger charge is 2.24. The molecular formula is C13H23NO4. The predicted octanol–water partition coefficient (Wildman–Crippen LogP) is 1.12. The van der Waals surface area contributed by atoms with Crippen molar-refractivity contribution in [2.24, 2.45) is 11.3 Å². The van der Waals surface area contributed by atoms with Crippen LogP contribution in [-0.4, -0.2) is 38.2 Å². The summed E-state index contributed by atoms with van der Waals surface area (Å²) in [5.41, 5.74) is -0.515. The van der Waals surface area contributed by atoms with Crippen molar-refractivity contribution in [1.29, 1.82) is 0 Å². The van der Waals surface area contributed by atoms with Gasteiger partial charge in [-0.1, -0.05) is 0 Å². The van der Waals surface area contributed by atoms with Crippen molar-refractivity contribution in [2.45, 2.75) is 33.6 Å². The van der Waals surface area contributed by atoms with E-state index in [0.717, 1.165) is 25.9 Å². The summed E-state index contributed by atoms with van der Waals surface area (Å²) in [6.07, 6.45) is 1.64. The van der Waals surface area contributed by atoms with E-state index in [1.54, 1.807) is 20.8 Å². The molecule has 104 valence electrons. The number of hydrogen-bond donors (Lipinski definition) is 1. The fourth-order valence-electron chi connectivity index (χ4n) is 1.67. The predicted molar refractivity (Wildman–Crippen MR) is 67.0 cm³/mol. The molecule has 0 saturated carbocycles. The van der Waals surface area contributed by atoms with Crippen molar-refractivity contribution in [3.05, 3.63) is 0 Å². The lowest BCUT2D eigenvalue weighted by atomic mass is 9.97. The van der Waals surface area contributed by atoms with Gasteiger partial charge in [0.2, 0.25) is 0 Å².